The zero-order chi connectivity index (χ0) is 19.6. The summed E-state index contributed by atoms with van der Waals surface area (Å²) >= 11 is 0. The molecule has 142 valence electrons. The van der Waals surface area contributed by atoms with Crippen molar-refractivity contribution in [3.05, 3.63) is 53.1 Å². The zero-order valence-corrected chi connectivity index (χ0v) is 16.6. The fraction of sp³-hybridized carbons (Fsp3) is 0.391. The molecule has 4 nitrogen and oxygen atoms in total. The Morgan fingerprint density at radius 3 is 2.19 bits per heavy atom. The highest BCUT2D eigenvalue weighted by Gasteiger charge is 2.42. The van der Waals surface area contributed by atoms with Gasteiger partial charge in [0.1, 0.15) is 0 Å². The molecule has 4 heteroatoms. The van der Waals surface area contributed by atoms with Gasteiger partial charge in [-0.3, -0.25) is 0 Å². The van der Waals surface area contributed by atoms with E-state index in [1.807, 2.05) is 13.0 Å². The van der Waals surface area contributed by atoms with Crippen LogP contribution in [0.5, 0.6) is 0 Å². The third kappa shape index (κ3) is 3.36. The van der Waals surface area contributed by atoms with Gasteiger partial charge in [-0.2, -0.15) is 0 Å². The van der Waals surface area contributed by atoms with Gasteiger partial charge in [-0.05, 0) is 65.8 Å². The summed E-state index contributed by atoms with van der Waals surface area (Å²) in [6.07, 6.45) is 4.35. The molecule has 0 unspecified atom stereocenters. The summed E-state index contributed by atoms with van der Waals surface area (Å²) < 4.78 is 0. The zero-order valence-electron chi connectivity index (χ0n) is 16.6. The lowest BCUT2D eigenvalue weighted by molar-refractivity contribution is -0.140. The Bertz CT molecular complexity index is 893. The summed E-state index contributed by atoms with van der Waals surface area (Å²) in [5.74, 6) is -0.412. The van der Waals surface area contributed by atoms with Gasteiger partial charge in [0.2, 0.25) is 0 Å². The van der Waals surface area contributed by atoms with Crippen molar-refractivity contribution >= 4 is 17.4 Å². The van der Waals surface area contributed by atoms with E-state index in [-0.39, 0.29) is 5.41 Å². The van der Waals surface area contributed by atoms with E-state index < -0.39 is 5.97 Å². The molecule has 0 radical (unpaired) electrons. The summed E-state index contributed by atoms with van der Waals surface area (Å²) in [7, 11) is 0. The minimum Gasteiger partial charge on any atom is -0.399 e. The molecule has 0 spiro atoms. The van der Waals surface area contributed by atoms with Gasteiger partial charge in [-0.25, -0.2) is 4.79 Å². The second-order valence-electron chi connectivity index (χ2n) is 7.41. The van der Waals surface area contributed by atoms with Crippen molar-refractivity contribution in [3.63, 3.8) is 0 Å². The molecule has 2 aromatic rings. The van der Waals surface area contributed by atoms with E-state index in [4.69, 9.17) is 10.6 Å². The van der Waals surface area contributed by atoms with E-state index >= 15 is 0 Å². The third-order valence-electron chi connectivity index (χ3n) is 5.47. The van der Waals surface area contributed by atoms with Crippen molar-refractivity contribution in [2.24, 2.45) is 5.16 Å². The largest absolute Gasteiger partial charge is 0.399 e. The van der Waals surface area contributed by atoms with Crippen LogP contribution in [0.25, 0.3) is 11.1 Å². The third-order valence-corrected chi connectivity index (χ3v) is 5.47. The maximum Gasteiger partial charge on any atom is 0.331 e. The van der Waals surface area contributed by atoms with Crippen molar-refractivity contribution in [1.82, 2.24) is 0 Å². The Balaban J connectivity index is 2.19. The van der Waals surface area contributed by atoms with Crippen LogP contribution in [0.1, 0.15) is 70.1 Å². The van der Waals surface area contributed by atoms with Crippen LogP contribution in [0.3, 0.4) is 0 Å². The van der Waals surface area contributed by atoms with Gasteiger partial charge in [0, 0.05) is 18.0 Å². The molecular weight excluding hydrogens is 336 g/mol. The molecule has 2 aromatic carbocycles. The normalized spacial score (nSPS) is 14.6. The van der Waals surface area contributed by atoms with Crippen molar-refractivity contribution in [2.45, 2.75) is 58.8 Å². The molecule has 0 bridgehead atoms. The highest BCUT2D eigenvalue weighted by Crippen LogP contribution is 2.54. The van der Waals surface area contributed by atoms with E-state index in [1.54, 1.807) is 0 Å². The van der Waals surface area contributed by atoms with Gasteiger partial charge in [0.25, 0.3) is 0 Å². The number of carbonyl (C=O) groups is 1. The average Bonchev–Trinajstić information content (AvgIpc) is 2.89. The van der Waals surface area contributed by atoms with E-state index in [9.17, 15) is 4.79 Å². The lowest BCUT2D eigenvalue weighted by Crippen LogP contribution is -2.25. The van der Waals surface area contributed by atoms with Crippen LogP contribution in [0.15, 0.2) is 41.6 Å². The SMILES string of the molecule is CCCC1(CCC)c2cc(N)ccc2-c2ccc(/C(C)=N\OC(C)=O)cc21. The van der Waals surface area contributed by atoms with Gasteiger partial charge in [-0.15, -0.1) is 0 Å². The number of fused-ring (bicyclic) bond motifs is 3. The summed E-state index contributed by atoms with van der Waals surface area (Å²) in [6.45, 7) is 7.69. The first-order chi connectivity index (χ1) is 12.9. The van der Waals surface area contributed by atoms with Crippen molar-refractivity contribution in [3.8, 4) is 11.1 Å². The van der Waals surface area contributed by atoms with Gasteiger partial charge < -0.3 is 10.6 Å². The molecule has 27 heavy (non-hydrogen) atoms. The van der Waals surface area contributed by atoms with Gasteiger partial charge in [0.05, 0.1) is 5.71 Å². The Morgan fingerprint density at radius 1 is 1.00 bits per heavy atom. The monoisotopic (exact) mass is 364 g/mol. The molecule has 1 aliphatic carbocycles. The van der Waals surface area contributed by atoms with E-state index in [0.717, 1.165) is 36.9 Å². The standard InChI is InChI=1S/C23H28N2O2/c1-5-11-23(12-6-2)21-13-17(15(3)25-27-16(4)26)7-9-19(21)20-10-8-18(24)14-22(20)23/h7-10,13-14H,5-6,11-12,24H2,1-4H3/b25-15-. The number of carbonyl (C=O) groups excluding carboxylic acids is 1. The first-order valence-corrected chi connectivity index (χ1v) is 9.70. The molecular formula is C23H28N2O2. The van der Waals surface area contributed by atoms with Crippen molar-refractivity contribution < 1.29 is 9.63 Å². The molecule has 2 N–H and O–H groups in total. The fourth-order valence-electron chi connectivity index (χ4n) is 4.44. The van der Waals surface area contributed by atoms with E-state index in [1.165, 1.54) is 29.2 Å². The minimum atomic E-state index is -0.412. The van der Waals surface area contributed by atoms with Gasteiger partial charge in [-0.1, -0.05) is 50.0 Å². The summed E-state index contributed by atoms with van der Waals surface area (Å²) in [6, 6.07) is 12.7. The minimum absolute atomic E-state index is 0.0265. The maximum atomic E-state index is 11.1. The molecule has 0 fully saturated rings. The number of hydrogen-bond donors (Lipinski definition) is 1. The Morgan fingerprint density at radius 2 is 1.59 bits per heavy atom. The Hall–Kier alpha value is -2.62. The molecule has 0 aliphatic heterocycles. The number of nitrogens with two attached hydrogens (primary N) is 1. The van der Waals surface area contributed by atoms with Crippen LogP contribution >= 0.6 is 0 Å². The van der Waals surface area contributed by atoms with Gasteiger partial charge >= 0.3 is 5.97 Å². The van der Waals surface area contributed by atoms with E-state index in [0.29, 0.717) is 5.71 Å². The number of anilines is 1. The summed E-state index contributed by atoms with van der Waals surface area (Å²) in [5.41, 5.74) is 13.8. The van der Waals surface area contributed by atoms with E-state index in [2.05, 4.69) is 49.3 Å². The first-order valence-electron chi connectivity index (χ1n) is 9.70. The highest BCUT2D eigenvalue weighted by molar-refractivity contribution is 6.00. The molecule has 0 atom stereocenters. The second-order valence-corrected chi connectivity index (χ2v) is 7.41. The topological polar surface area (TPSA) is 64.7 Å². The number of benzene rings is 2. The van der Waals surface area contributed by atoms with Crippen molar-refractivity contribution in [1.29, 1.82) is 0 Å². The summed E-state index contributed by atoms with van der Waals surface area (Å²) in [4.78, 5) is 15.9. The smallest absolute Gasteiger partial charge is 0.331 e. The molecule has 0 saturated carbocycles. The molecule has 0 saturated heterocycles. The fourth-order valence-corrected chi connectivity index (χ4v) is 4.44. The first kappa shape index (κ1) is 19.2. The number of hydrogen-bond acceptors (Lipinski definition) is 4. The number of nitrogen functional groups attached to an aromatic ring is 1. The lowest BCUT2D eigenvalue weighted by atomic mass is 9.71. The van der Waals surface area contributed by atoms with Crippen molar-refractivity contribution in [2.75, 3.05) is 5.73 Å². The van der Waals surface area contributed by atoms with Crippen LogP contribution in [0, 0.1) is 0 Å². The molecule has 0 aromatic heterocycles. The predicted molar refractivity (Wildman–Crippen MR) is 111 cm³/mol. The Kier molecular flexibility index (Phi) is 5.36. The molecule has 3 rings (SSSR count). The lowest BCUT2D eigenvalue weighted by Gasteiger charge is -2.32. The average molecular weight is 364 g/mol. The number of nitrogens with zero attached hydrogens (tertiary/aromatic N) is 1. The van der Waals surface area contributed by atoms with Crippen LogP contribution < -0.4 is 5.73 Å². The van der Waals surface area contributed by atoms with Crippen LogP contribution in [-0.4, -0.2) is 11.7 Å². The van der Waals surface area contributed by atoms with Crippen LogP contribution in [-0.2, 0) is 15.0 Å². The second kappa shape index (κ2) is 7.55. The molecule has 0 heterocycles. The van der Waals surface area contributed by atoms with Crippen LogP contribution in [0.4, 0.5) is 5.69 Å². The summed E-state index contributed by atoms with van der Waals surface area (Å²) in [5, 5.41) is 3.97. The van der Waals surface area contributed by atoms with Crippen LogP contribution in [0.2, 0.25) is 0 Å². The Labute approximate surface area is 161 Å². The number of rotatable bonds is 6. The van der Waals surface area contributed by atoms with Gasteiger partial charge in [0.15, 0.2) is 0 Å². The molecule has 0 amide bonds. The maximum absolute atomic E-state index is 11.1. The predicted octanol–water partition coefficient (Wildman–Crippen LogP) is 5.42. The quantitative estimate of drug-likeness (QED) is 0.322. The highest BCUT2D eigenvalue weighted by atomic mass is 16.7. The molecule has 1 aliphatic rings. The number of oxime groups is 1.